The fourth-order valence-electron chi connectivity index (χ4n) is 2.10. The molecule has 1 heterocycles. The van der Waals surface area contributed by atoms with Gasteiger partial charge in [0.25, 0.3) is 11.8 Å². The number of carbonyl (C=O) groups is 3. The normalized spacial score (nSPS) is 13.9. The van der Waals surface area contributed by atoms with Crippen molar-refractivity contribution in [3.8, 4) is 5.75 Å². The number of fused-ring (bicyclic) bond motifs is 1. The van der Waals surface area contributed by atoms with E-state index in [0.717, 1.165) is 0 Å². The van der Waals surface area contributed by atoms with E-state index in [9.17, 15) is 14.4 Å². The van der Waals surface area contributed by atoms with Gasteiger partial charge in [-0.25, -0.2) is 0 Å². The van der Waals surface area contributed by atoms with Crippen molar-refractivity contribution in [3.63, 3.8) is 0 Å². The van der Waals surface area contributed by atoms with Crippen molar-refractivity contribution < 1.29 is 23.9 Å². The third-order valence-corrected chi connectivity index (χ3v) is 2.97. The minimum Gasteiger partial charge on any atom is -0.482 e. The van der Waals surface area contributed by atoms with Gasteiger partial charge in [-0.05, 0) is 32.9 Å². The van der Waals surface area contributed by atoms with Gasteiger partial charge in [0.1, 0.15) is 12.3 Å². The summed E-state index contributed by atoms with van der Waals surface area (Å²) in [5, 5.41) is 2.69. The number of carbonyl (C=O) groups excluding carboxylic acids is 3. The average molecular weight is 320 g/mol. The lowest BCUT2D eigenvalue weighted by Crippen LogP contribution is -2.45. The van der Waals surface area contributed by atoms with E-state index in [2.05, 4.69) is 5.32 Å². The Balaban J connectivity index is 1.93. The lowest BCUT2D eigenvalue weighted by molar-refractivity contribution is -0.148. The van der Waals surface area contributed by atoms with Crippen molar-refractivity contribution in [1.29, 1.82) is 0 Å². The predicted molar refractivity (Wildman–Crippen MR) is 83.1 cm³/mol. The molecule has 1 aromatic rings. The first-order valence-electron chi connectivity index (χ1n) is 7.25. The first kappa shape index (κ1) is 16.8. The number of esters is 1. The molecule has 1 aliphatic heterocycles. The highest BCUT2D eigenvalue weighted by atomic mass is 16.5. The molecular formula is C16H20N2O5. The number of nitrogens with one attached hydrogen (secondary N) is 1. The van der Waals surface area contributed by atoms with Crippen molar-refractivity contribution >= 4 is 23.5 Å². The molecule has 124 valence electrons. The van der Waals surface area contributed by atoms with Crippen molar-refractivity contribution in [1.82, 2.24) is 5.32 Å². The summed E-state index contributed by atoms with van der Waals surface area (Å²) >= 11 is 0. The van der Waals surface area contributed by atoms with Crippen LogP contribution in [0.4, 0.5) is 5.69 Å². The van der Waals surface area contributed by atoms with Gasteiger partial charge in [0.2, 0.25) is 0 Å². The zero-order valence-electron chi connectivity index (χ0n) is 13.4. The number of amides is 2. The smallest absolute Gasteiger partial charge is 0.326 e. The van der Waals surface area contributed by atoms with Crippen LogP contribution in [0.15, 0.2) is 24.3 Å². The highest BCUT2D eigenvalue weighted by Gasteiger charge is 2.27. The van der Waals surface area contributed by atoms with Crippen LogP contribution in [0.3, 0.4) is 0 Å². The molecule has 0 saturated heterocycles. The molecule has 7 heteroatoms. The minimum atomic E-state index is -0.654. The molecule has 7 nitrogen and oxygen atoms in total. The van der Waals surface area contributed by atoms with E-state index < -0.39 is 11.5 Å². The fourth-order valence-corrected chi connectivity index (χ4v) is 2.10. The molecule has 1 aliphatic rings. The maximum Gasteiger partial charge on any atom is 0.326 e. The van der Waals surface area contributed by atoms with E-state index >= 15 is 0 Å². The maximum atomic E-state index is 11.9. The Kier molecular flexibility index (Phi) is 4.88. The van der Waals surface area contributed by atoms with Gasteiger partial charge in [-0.15, -0.1) is 0 Å². The highest BCUT2D eigenvalue weighted by Crippen LogP contribution is 2.31. The number of nitrogens with zero attached hydrogens (tertiary/aromatic N) is 1. The van der Waals surface area contributed by atoms with E-state index in [-0.39, 0.29) is 31.6 Å². The largest absolute Gasteiger partial charge is 0.482 e. The van der Waals surface area contributed by atoms with Crippen LogP contribution in [0, 0.1) is 0 Å². The lowest BCUT2D eigenvalue weighted by Gasteiger charge is -2.28. The standard InChI is InChI=1S/C16H20N2O5/c1-16(2,3)17-13(19)9-23-15(21)8-18-11-6-4-5-7-12(11)22-10-14(18)20/h4-7H,8-10H2,1-3H3,(H,17,19). The molecule has 2 amide bonds. The molecule has 0 radical (unpaired) electrons. The molecule has 0 spiro atoms. The summed E-state index contributed by atoms with van der Waals surface area (Å²) in [4.78, 5) is 36.8. The molecule has 1 aromatic carbocycles. The Morgan fingerprint density at radius 2 is 2.00 bits per heavy atom. The van der Waals surface area contributed by atoms with Gasteiger partial charge >= 0.3 is 5.97 Å². The summed E-state index contributed by atoms with van der Waals surface area (Å²) in [5.41, 5.74) is 0.114. The highest BCUT2D eigenvalue weighted by molar-refractivity contribution is 6.01. The molecule has 23 heavy (non-hydrogen) atoms. The Morgan fingerprint density at radius 3 is 2.70 bits per heavy atom. The van der Waals surface area contributed by atoms with Crippen molar-refractivity contribution in [2.75, 3.05) is 24.7 Å². The first-order valence-corrected chi connectivity index (χ1v) is 7.25. The average Bonchev–Trinajstić information content (AvgIpc) is 2.46. The van der Waals surface area contributed by atoms with Gasteiger partial charge in [-0.3, -0.25) is 19.3 Å². The third kappa shape index (κ3) is 4.70. The molecule has 1 N–H and O–H groups in total. The summed E-state index contributed by atoms with van der Waals surface area (Å²) in [6.07, 6.45) is 0. The molecule has 0 atom stereocenters. The molecule has 0 aromatic heterocycles. The van der Waals surface area contributed by atoms with Crippen molar-refractivity contribution in [2.24, 2.45) is 0 Å². The monoisotopic (exact) mass is 320 g/mol. The number of para-hydroxylation sites is 2. The molecular weight excluding hydrogens is 300 g/mol. The van der Waals surface area contributed by atoms with E-state index in [0.29, 0.717) is 11.4 Å². The quantitative estimate of drug-likeness (QED) is 0.832. The topological polar surface area (TPSA) is 84.9 Å². The second-order valence-corrected chi connectivity index (χ2v) is 6.20. The second-order valence-electron chi connectivity index (χ2n) is 6.20. The van der Waals surface area contributed by atoms with E-state index in [1.165, 1.54) is 4.90 Å². The zero-order valence-corrected chi connectivity index (χ0v) is 13.4. The Labute approximate surface area is 134 Å². The summed E-state index contributed by atoms with van der Waals surface area (Å²) in [5.74, 6) is -0.844. The van der Waals surface area contributed by atoms with Gasteiger partial charge < -0.3 is 14.8 Å². The molecule has 0 bridgehead atoms. The van der Waals surface area contributed by atoms with Crippen LogP contribution < -0.4 is 15.0 Å². The summed E-state index contributed by atoms with van der Waals surface area (Å²) in [7, 11) is 0. The number of hydrogen-bond acceptors (Lipinski definition) is 5. The van der Waals surface area contributed by atoms with Crippen LogP contribution >= 0.6 is 0 Å². The van der Waals surface area contributed by atoms with Crippen LogP contribution in [0.1, 0.15) is 20.8 Å². The van der Waals surface area contributed by atoms with Crippen molar-refractivity contribution in [3.05, 3.63) is 24.3 Å². The third-order valence-electron chi connectivity index (χ3n) is 2.97. The molecule has 0 aliphatic carbocycles. The van der Waals surface area contributed by atoms with E-state index in [1.54, 1.807) is 24.3 Å². The van der Waals surface area contributed by atoms with E-state index in [4.69, 9.17) is 9.47 Å². The summed E-state index contributed by atoms with van der Waals surface area (Å²) in [6, 6.07) is 6.93. The number of hydrogen-bond donors (Lipinski definition) is 1. The SMILES string of the molecule is CC(C)(C)NC(=O)COC(=O)CN1C(=O)COc2ccccc21. The number of benzene rings is 1. The minimum absolute atomic E-state index is 0.130. The molecule has 0 unspecified atom stereocenters. The Bertz CT molecular complexity index is 621. The van der Waals surface area contributed by atoms with Crippen LogP contribution in [0.5, 0.6) is 5.75 Å². The fraction of sp³-hybridized carbons (Fsp3) is 0.438. The summed E-state index contributed by atoms with van der Waals surface area (Å²) in [6.45, 7) is 4.72. The van der Waals surface area contributed by atoms with Crippen LogP contribution in [-0.4, -0.2) is 43.1 Å². The van der Waals surface area contributed by atoms with Crippen LogP contribution in [0.25, 0.3) is 0 Å². The maximum absolute atomic E-state index is 11.9. The molecule has 0 fully saturated rings. The Hall–Kier alpha value is -2.57. The predicted octanol–water partition coefficient (Wildman–Crippen LogP) is 0.870. The number of rotatable bonds is 4. The lowest BCUT2D eigenvalue weighted by atomic mass is 10.1. The zero-order chi connectivity index (χ0) is 17.0. The van der Waals surface area contributed by atoms with Gasteiger partial charge in [0.15, 0.2) is 13.2 Å². The van der Waals surface area contributed by atoms with Crippen molar-refractivity contribution in [2.45, 2.75) is 26.3 Å². The van der Waals surface area contributed by atoms with Crippen LogP contribution in [0.2, 0.25) is 0 Å². The number of anilines is 1. The second kappa shape index (κ2) is 6.68. The first-order chi connectivity index (χ1) is 10.8. The van der Waals surface area contributed by atoms with Gasteiger partial charge in [0, 0.05) is 5.54 Å². The summed E-state index contributed by atoms with van der Waals surface area (Å²) < 4.78 is 10.2. The molecule has 2 rings (SSSR count). The van der Waals surface area contributed by atoms with Gasteiger partial charge in [-0.2, -0.15) is 0 Å². The Morgan fingerprint density at radius 1 is 1.30 bits per heavy atom. The van der Waals surface area contributed by atoms with E-state index in [1.807, 2.05) is 20.8 Å². The number of ether oxygens (including phenoxy) is 2. The van der Waals surface area contributed by atoms with Gasteiger partial charge in [0.05, 0.1) is 5.69 Å². The molecule has 0 saturated carbocycles. The van der Waals surface area contributed by atoms with Gasteiger partial charge in [-0.1, -0.05) is 12.1 Å². The van der Waals surface area contributed by atoms with Crippen LogP contribution in [-0.2, 0) is 19.1 Å².